The number of nitrogens with zero attached hydrogens (tertiary/aromatic N) is 1. The molecule has 1 amide bonds. The number of piperidine rings is 1. The summed E-state index contributed by atoms with van der Waals surface area (Å²) >= 11 is 11.9. The molecule has 0 aliphatic carbocycles. The highest BCUT2D eigenvalue weighted by atomic mass is 35.5. The predicted molar refractivity (Wildman–Crippen MR) is 96.3 cm³/mol. The van der Waals surface area contributed by atoms with E-state index in [0.717, 1.165) is 18.4 Å². The molecule has 132 valence electrons. The Labute approximate surface area is 153 Å². The number of sulfone groups is 1. The third kappa shape index (κ3) is 3.73. The lowest BCUT2D eigenvalue weighted by molar-refractivity contribution is -0.135. The Bertz CT molecular complexity index is 736. The van der Waals surface area contributed by atoms with Gasteiger partial charge in [-0.25, -0.2) is 8.42 Å². The average Bonchev–Trinajstić information content (AvgIpc) is 2.77. The van der Waals surface area contributed by atoms with Crippen LogP contribution in [0.25, 0.3) is 0 Å². The minimum absolute atomic E-state index is 0.0739. The smallest absolute Gasteiger partial charge is 0.223 e. The molecule has 3 rings (SSSR count). The Kier molecular flexibility index (Phi) is 5.14. The molecule has 2 atom stereocenters. The van der Waals surface area contributed by atoms with E-state index in [0.29, 0.717) is 35.7 Å². The molecule has 2 fully saturated rings. The van der Waals surface area contributed by atoms with E-state index in [-0.39, 0.29) is 23.2 Å². The molecular formula is C17H21Cl2NO3S. The number of carbonyl (C=O) groups is 1. The second-order valence-corrected chi connectivity index (χ2v) is 10.00. The maximum atomic E-state index is 12.7. The number of carbonyl (C=O) groups excluding carboxylic acids is 1. The molecule has 0 saturated carbocycles. The van der Waals surface area contributed by atoms with Crippen LogP contribution in [0.15, 0.2) is 18.2 Å². The normalized spacial score (nSPS) is 26.6. The molecule has 2 bridgehead atoms. The average molecular weight is 390 g/mol. The molecule has 1 aromatic rings. The Morgan fingerprint density at radius 2 is 1.79 bits per heavy atom. The van der Waals surface area contributed by atoms with Crippen molar-refractivity contribution in [3.05, 3.63) is 33.8 Å². The SMILES string of the molecule is CS(=O)(=O)C1CC2CCC(C1)N2C(=O)CCc1ccc(Cl)c(Cl)c1. The third-order valence-electron chi connectivity index (χ3n) is 5.19. The fourth-order valence-corrected chi connectivity index (χ4v) is 5.42. The lowest BCUT2D eigenvalue weighted by Gasteiger charge is -2.38. The van der Waals surface area contributed by atoms with E-state index in [2.05, 4.69) is 0 Å². The summed E-state index contributed by atoms with van der Waals surface area (Å²) in [6.45, 7) is 0. The van der Waals surface area contributed by atoms with Gasteiger partial charge in [0.2, 0.25) is 5.91 Å². The molecular weight excluding hydrogens is 369 g/mol. The van der Waals surface area contributed by atoms with Crippen LogP contribution < -0.4 is 0 Å². The monoisotopic (exact) mass is 389 g/mol. The third-order valence-corrected chi connectivity index (χ3v) is 7.53. The first-order valence-corrected chi connectivity index (χ1v) is 10.9. The first-order chi connectivity index (χ1) is 11.3. The summed E-state index contributed by atoms with van der Waals surface area (Å²) in [6, 6.07) is 5.56. The summed E-state index contributed by atoms with van der Waals surface area (Å²) in [7, 11) is -3.03. The van der Waals surface area contributed by atoms with E-state index >= 15 is 0 Å². The van der Waals surface area contributed by atoms with E-state index in [4.69, 9.17) is 23.2 Å². The van der Waals surface area contributed by atoms with E-state index in [9.17, 15) is 13.2 Å². The molecule has 2 aliphatic rings. The molecule has 0 N–H and O–H groups in total. The maximum absolute atomic E-state index is 12.7. The molecule has 1 aromatic carbocycles. The fraction of sp³-hybridized carbons (Fsp3) is 0.588. The van der Waals surface area contributed by atoms with Crippen LogP contribution >= 0.6 is 23.2 Å². The lowest BCUT2D eigenvalue weighted by Crippen LogP contribution is -2.49. The van der Waals surface area contributed by atoms with Crippen molar-refractivity contribution in [3.8, 4) is 0 Å². The molecule has 4 nitrogen and oxygen atoms in total. The standard InChI is InChI=1S/C17H21Cl2NO3S/c1-24(22,23)14-9-12-4-5-13(10-14)20(12)17(21)7-3-11-2-6-15(18)16(19)8-11/h2,6,8,12-14H,3-5,7,9-10H2,1H3. The largest absolute Gasteiger partial charge is 0.337 e. The number of amides is 1. The second-order valence-electron chi connectivity index (χ2n) is 6.86. The fourth-order valence-electron chi connectivity index (χ4n) is 3.96. The molecule has 2 aliphatic heterocycles. The van der Waals surface area contributed by atoms with Crippen molar-refractivity contribution in [3.63, 3.8) is 0 Å². The van der Waals surface area contributed by atoms with E-state index < -0.39 is 9.84 Å². The van der Waals surface area contributed by atoms with Crippen molar-refractivity contribution in [2.75, 3.05) is 6.26 Å². The number of benzene rings is 1. The van der Waals surface area contributed by atoms with Gasteiger partial charge in [0, 0.05) is 24.8 Å². The summed E-state index contributed by atoms with van der Waals surface area (Å²) in [5.74, 6) is 0.112. The van der Waals surface area contributed by atoms with Gasteiger partial charge in [-0.05, 0) is 49.8 Å². The van der Waals surface area contributed by atoms with Crippen LogP contribution in [0.1, 0.15) is 37.7 Å². The van der Waals surface area contributed by atoms with Crippen molar-refractivity contribution in [1.29, 1.82) is 0 Å². The Balaban J connectivity index is 1.63. The zero-order valence-corrected chi connectivity index (χ0v) is 15.9. The van der Waals surface area contributed by atoms with Crippen molar-refractivity contribution >= 4 is 38.9 Å². The molecule has 0 aromatic heterocycles. The lowest BCUT2D eigenvalue weighted by atomic mass is 10.0. The van der Waals surface area contributed by atoms with Crippen molar-refractivity contribution in [1.82, 2.24) is 4.90 Å². The molecule has 24 heavy (non-hydrogen) atoms. The highest BCUT2D eigenvalue weighted by Gasteiger charge is 2.45. The van der Waals surface area contributed by atoms with Crippen LogP contribution in [0.3, 0.4) is 0 Å². The first-order valence-electron chi connectivity index (χ1n) is 8.19. The minimum Gasteiger partial charge on any atom is -0.337 e. The number of hydrogen-bond acceptors (Lipinski definition) is 3. The van der Waals surface area contributed by atoms with Crippen LogP contribution in [0.4, 0.5) is 0 Å². The highest BCUT2D eigenvalue weighted by molar-refractivity contribution is 7.91. The van der Waals surface area contributed by atoms with E-state index in [1.165, 1.54) is 6.26 Å². The van der Waals surface area contributed by atoms with Gasteiger partial charge in [0.15, 0.2) is 0 Å². The van der Waals surface area contributed by atoms with Gasteiger partial charge in [-0.15, -0.1) is 0 Å². The van der Waals surface area contributed by atoms with Crippen LogP contribution in [-0.4, -0.2) is 42.8 Å². The van der Waals surface area contributed by atoms with Gasteiger partial charge < -0.3 is 4.90 Å². The highest BCUT2D eigenvalue weighted by Crippen LogP contribution is 2.38. The van der Waals surface area contributed by atoms with Crippen LogP contribution in [0.5, 0.6) is 0 Å². The Morgan fingerprint density at radius 1 is 1.17 bits per heavy atom. The van der Waals surface area contributed by atoms with Gasteiger partial charge in [0.1, 0.15) is 9.84 Å². The van der Waals surface area contributed by atoms with Crippen molar-refractivity contribution in [2.45, 2.75) is 55.9 Å². The summed E-state index contributed by atoms with van der Waals surface area (Å²) in [6.07, 6.45) is 5.31. The summed E-state index contributed by atoms with van der Waals surface area (Å²) < 4.78 is 23.7. The van der Waals surface area contributed by atoms with Gasteiger partial charge in [-0.1, -0.05) is 29.3 Å². The number of rotatable bonds is 4. The summed E-state index contributed by atoms with van der Waals surface area (Å²) in [5.41, 5.74) is 0.983. The second kappa shape index (κ2) is 6.85. The van der Waals surface area contributed by atoms with Crippen molar-refractivity contribution in [2.24, 2.45) is 0 Å². The molecule has 2 unspecified atom stereocenters. The molecule has 0 spiro atoms. The van der Waals surface area contributed by atoms with Gasteiger partial charge in [-0.2, -0.15) is 0 Å². The molecule has 2 saturated heterocycles. The Morgan fingerprint density at radius 3 is 2.33 bits per heavy atom. The van der Waals surface area contributed by atoms with Gasteiger partial charge >= 0.3 is 0 Å². The summed E-state index contributed by atoms with van der Waals surface area (Å²) in [4.78, 5) is 14.6. The van der Waals surface area contributed by atoms with E-state index in [1.54, 1.807) is 12.1 Å². The maximum Gasteiger partial charge on any atom is 0.223 e. The van der Waals surface area contributed by atoms with Crippen molar-refractivity contribution < 1.29 is 13.2 Å². The molecule has 2 heterocycles. The van der Waals surface area contributed by atoms with Gasteiger partial charge in [-0.3, -0.25) is 4.79 Å². The number of hydrogen-bond donors (Lipinski definition) is 0. The summed E-state index contributed by atoms with van der Waals surface area (Å²) in [5, 5.41) is 0.706. The van der Waals surface area contributed by atoms with Crippen LogP contribution in [0.2, 0.25) is 10.0 Å². The molecule has 0 radical (unpaired) electrons. The Hall–Kier alpha value is -0.780. The van der Waals surface area contributed by atoms with Gasteiger partial charge in [0.05, 0.1) is 15.3 Å². The quantitative estimate of drug-likeness (QED) is 0.791. The van der Waals surface area contributed by atoms with Crippen LogP contribution in [0, 0.1) is 0 Å². The predicted octanol–water partition coefficient (Wildman–Crippen LogP) is 3.49. The number of aryl methyl sites for hydroxylation is 1. The molecule has 7 heteroatoms. The van der Waals surface area contributed by atoms with Crippen LogP contribution in [-0.2, 0) is 21.1 Å². The number of fused-ring (bicyclic) bond motifs is 2. The van der Waals surface area contributed by atoms with Gasteiger partial charge in [0.25, 0.3) is 0 Å². The minimum atomic E-state index is -3.03. The zero-order chi connectivity index (χ0) is 17.5. The topological polar surface area (TPSA) is 54.5 Å². The number of halogens is 2. The van der Waals surface area contributed by atoms with E-state index in [1.807, 2.05) is 11.0 Å². The zero-order valence-electron chi connectivity index (χ0n) is 13.5. The first kappa shape index (κ1) is 18.0.